The standard InChI is InChI=1S/C23H30N2O2/c1-4-21(23(27)24-5-2)25(16-15-19-12-7-6-8-13-19)22(26)17-20-14-10-9-11-18(20)3/h6-14,21H,4-5,15-17H2,1-3H3,(H,24,27)/t21-/m1/s1. The molecule has 0 saturated carbocycles. The van der Waals surface area contributed by atoms with Gasteiger partial charge in [-0.25, -0.2) is 0 Å². The molecule has 4 heteroatoms. The van der Waals surface area contributed by atoms with Gasteiger partial charge in [-0.1, -0.05) is 61.5 Å². The van der Waals surface area contributed by atoms with Crippen molar-refractivity contribution in [2.24, 2.45) is 0 Å². The van der Waals surface area contributed by atoms with E-state index >= 15 is 0 Å². The molecule has 0 heterocycles. The largest absolute Gasteiger partial charge is 0.355 e. The van der Waals surface area contributed by atoms with E-state index in [0.29, 0.717) is 25.9 Å². The molecule has 144 valence electrons. The Morgan fingerprint density at radius 3 is 2.30 bits per heavy atom. The van der Waals surface area contributed by atoms with E-state index in [2.05, 4.69) is 17.4 Å². The lowest BCUT2D eigenvalue weighted by atomic mass is 10.0. The van der Waals surface area contributed by atoms with Gasteiger partial charge in [-0.3, -0.25) is 9.59 Å². The van der Waals surface area contributed by atoms with Crippen molar-refractivity contribution in [1.29, 1.82) is 0 Å². The van der Waals surface area contributed by atoms with Crippen molar-refractivity contribution < 1.29 is 9.59 Å². The van der Waals surface area contributed by atoms with Crippen LogP contribution < -0.4 is 5.32 Å². The summed E-state index contributed by atoms with van der Waals surface area (Å²) in [4.78, 5) is 27.4. The van der Waals surface area contributed by atoms with Crippen LogP contribution in [0.2, 0.25) is 0 Å². The molecule has 2 rings (SSSR count). The molecular formula is C23H30N2O2. The number of carbonyl (C=O) groups is 2. The highest BCUT2D eigenvalue weighted by atomic mass is 16.2. The molecular weight excluding hydrogens is 336 g/mol. The van der Waals surface area contributed by atoms with Crippen molar-refractivity contribution in [2.45, 2.75) is 46.1 Å². The van der Waals surface area contributed by atoms with Gasteiger partial charge in [-0.05, 0) is 43.4 Å². The fraction of sp³-hybridized carbons (Fsp3) is 0.391. The van der Waals surface area contributed by atoms with Gasteiger partial charge in [-0.15, -0.1) is 0 Å². The quantitative estimate of drug-likeness (QED) is 0.738. The second kappa shape index (κ2) is 10.5. The Kier molecular flexibility index (Phi) is 8.05. The number of carbonyl (C=O) groups excluding carboxylic acids is 2. The van der Waals surface area contributed by atoms with Crippen LogP contribution in [0.3, 0.4) is 0 Å². The number of nitrogens with one attached hydrogen (secondary N) is 1. The molecule has 27 heavy (non-hydrogen) atoms. The first-order valence-corrected chi connectivity index (χ1v) is 9.72. The lowest BCUT2D eigenvalue weighted by Gasteiger charge is -2.30. The number of amides is 2. The lowest BCUT2D eigenvalue weighted by molar-refractivity contribution is -0.140. The zero-order valence-corrected chi connectivity index (χ0v) is 16.6. The smallest absolute Gasteiger partial charge is 0.242 e. The molecule has 0 fully saturated rings. The van der Waals surface area contributed by atoms with Gasteiger partial charge in [0.15, 0.2) is 0 Å². The Balaban J connectivity index is 2.20. The summed E-state index contributed by atoms with van der Waals surface area (Å²) in [7, 11) is 0. The van der Waals surface area contributed by atoms with Crippen molar-refractivity contribution >= 4 is 11.8 Å². The van der Waals surface area contributed by atoms with Crippen LogP contribution in [0, 0.1) is 6.92 Å². The van der Waals surface area contributed by atoms with E-state index in [-0.39, 0.29) is 11.8 Å². The zero-order chi connectivity index (χ0) is 19.6. The highest BCUT2D eigenvalue weighted by Crippen LogP contribution is 2.14. The maximum Gasteiger partial charge on any atom is 0.242 e. The topological polar surface area (TPSA) is 49.4 Å². The molecule has 1 N–H and O–H groups in total. The number of hydrogen-bond acceptors (Lipinski definition) is 2. The van der Waals surface area contributed by atoms with Crippen LogP contribution in [0.15, 0.2) is 54.6 Å². The first kappa shape index (κ1) is 20.7. The number of nitrogens with zero attached hydrogens (tertiary/aromatic N) is 1. The number of likely N-dealkylation sites (N-methyl/N-ethyl adjacent to an activating group) is 1. The molecule has 0 aliphatic rings. The van der Waals surface area contributed by atoms with Crippen LogP contribution in [-0.4, -0.2) is 35.8 Å². The molecule has 2 aromatic rings. The van der Waals surface area contributed by atoms with Gasteiger partial charge < -0.3 is 10.2 Å². The molecule has 0 saturated heterocycles. The lowest BCUT2D eigenvalue weighted by Crippen LogP contribution is -2.50. The summed E-state index contributed by atoms with van der Waals surface area (Å²) in [6.45, 7) is 6.96. The maximum absolute atomic E-state index is 13.1. The third-order valence-electron chi connectivity index (χ3n) is 4.82. The van der Waals surface area contributed by atoms with E-state index in [1.165, 1.54) is 0 Å². The van der Waals surface area contributed by atoms with Crippen LogP contribution in [0.4, 0.5) is 0 Å². The highest BCUT2D eigenvalue weighted by molar-refractivity contribution is 5.88. The zero-order valence-electron chi connectivity index (χ0n) is 16.6. The van der Waals surface area contributed by atoms with Gasteiger partial charge in [0.1, 0.15) is 6.04 Å². The van der Waals surface area contributed by atoms with Crippen molar-refractivity contribution in [3.8, 4) is 0 Å². The van der Waals surface area contributed by atoms with Crippen molar-refractivity contribution in [2.75, 3.05) is 13.1 Å². The van der Waals surface area contributed by atoms with Gasteiger partial charge in [0, 0.05) is 13.1 Å². The molecule has 2 aromatic carbocycles. The van der Waals surface area contributed by atoms with Gasteiger partial charge in [-0.2, -0.15) is 0 Å². The van der Waals surface area contributed by atoms with E-state index in [9.17, 15) is 9.59 Å². The van der Waals surface area contributed by atoms with Crippen LogP contribution in [0.1, 0.15) is 37.0 Å². The Morgan fingerprint density at radius 2 is 1.67 bits per heavy atom. The average Bonchev–Trinajstić information content (AvgIpc) is 2.67. The normalized spacial score (nSPS) is 11.7. The van der Waals surface area contributed by atoms with Crippen molar-refractivity contribution in [1.82, 2.24) is 10.2 Å². The summed E-state index contributed by atoms with van der Waals surface area (Å²) in [5.74, 6) is -0.0791. The minimum absolute atomic E-state index is 0.00154. The third kappa shape index (κ3) is 5.95. The molecule has 0 spiro atoms. The Bertz CT molecular complexity index is 743. The molecule has 0 aliphatic carbocycles. The third-order valence-corrected chi connectivity index (χ3v) is 4.82. The summed E-state index contributed by atoms with van der Waals surface area (Å²) in [6, 6.07) is 17.6. The van der Waals surface area contributed by atoms with Crippen LogP contribution in [0.25, 0.3) is 0 Å². The molecule has 0 bridgehead atoms. The number of hydrogen-bond donors (Lipinski definition) is 1. The molecule has 4 nitrogen and oxygen atoms in total. The number of rotatable bonds is 9. The summed E-state index contributed by atoms with van der Waals surface area (Å²) < 4.78 is 0. The van der Waals surface area contributed by atoms with Gasteiger partial charge in [0.25, 0.3) is 0 Å². The fourth-order valence-corrected chi connectivity index (χ4v) is 3.26. The van der Waals surface area contributed by atoms with E-state index in [4.69, 9.17) is 0 Å². The predicted octanol–water partition coefficient (Wildman–Crippen LogP) is 3.52. The molecule has 0 radical (unpaired) electrons. The average molecular weight is 367 g/mol. The maximum atomic E-state index is 13.1. The summed E-state index contributed by atoms with van der Waals surface area (Å²) in [5.41, 5.74) is 3.27. The summed E-state index contributed by atoms with van der Waals surface area (Å²) >= 11 is 0. The minimum atomic E-state index is -0.440. The second-order valence-electron chi connectivity index (χ2n) is 6.74. The monoisotopic (exact) mass is 366 g/mol. The molecule has 0 unspecified atom stereocenters. The van der Waals surface area contributed by atoms with Crippen LogP contribution >= 0.6 is 0 Å². The van der Waals surface area contributed by atoms with E-state index < -0.39 is 6.04 Å². The first-order chi connectivity index (χ1) is 13.1. The number of benzene rings is 2. The van der Waals surface area contributed by atoms with E-state index in [1.54, 1.807) is 4.90 Å². The molecule has 0 aliphatic heterocycles. The molecule has 2 amide bonds. The Hall–Kier alpha value is -2.62. The fourth-order valence-electron chi connectivity index (χ4n) is 3.26. The van der Waals surface area contributed by atoms with E-state index in [0.717, 1.165) is 23.1 Å². The first-order valence-electron chi connectivity index (χ1n) is 9.72. The van der Waals surface area contributed by atoms with E-state index in [1.807, 2.05) is 63.2 Å². The van der Waals surface area contributed by atoms with Gasteiger partial charge in [0.2, 0.25) is 11.8 Å². The predicted molar refractivity (Wildman–Crippen MR) is 110 cm³/mol. The SMILES string of the molecule is CCNC(=O)[C@@H](CC)N(CCc1ccccc1)C(=O)Cc1ccccc1C. The van der Waals surface area contributed by atoms with Gasteiger partial charge >= 0.3 is 0 Å². The van der Waals surface area contributed by atoms with Crippen molar-refractivity contribution in [3.05, 3.63) is 71.3 Å². The summed E-state index contributed by atoms with van der Waals surface area (Å²) in [6.07, 6.45) is 1.65. The Labute approximate surface area is 162 Å². The minimum Gasteiger partial charge on any atom is -0.355 e. The molecule has 0 aromatic heterocycles. The van der Waals surface area contributed by atoms with Crippen LogP contribution in [0.5, 0.6) is 0 Å². The Morgan fingerprint density at radius 1 is 1.00 bits per heavy atom. The van der Waals surface area contributed by atoms with Gasteiger partial charge in [0.05, 0.1) is 6.42 Å². The summed E-state index contributed by atoms with van der Waals surface area (Å²) in [5, 5.41) is 2.87. The highest BCUT2D eigenvalue weighted by Gasteiger charge is 2.28. The van der Waals surface area contributed by atoms with Crippen molar-refractivity contribution in [3.63, 3.8) is 0 Å². The number of aryl methyl sites for hydroxylation is 1. The van der Waals surface area contributed by atoms with Crippen LogP contribution in [-0.2, 0) is 22.4 Å². The second-order valence-corrected chi connectivity index (χ2v) is 6.74. The molecule has 1 atom stereocenters.